The number of benzene rings is 2. The molecule has 2 aromatic carbocycles. The molecule has 2 N–H and O–H groups in total. The molecule has 1 amide bonds. The Bertz CT molecular complexity index is 1340. The van der Waals surface area contributed by atoms with Gasteiger partial charge in [-0.1, -0.05) is 67.6 Å². The van der Waals surface area contributed by atoms with Crippen LogP contribution < -0.4 is 10.1 Å². The minimum absolute atomic E-state index is 0.104. The number of nitrogens with zero attached hydrogens (tertiary/aromatic N) is 2. The maximum absolute atomic E-state index is 13.1. The Morgan fingerprint density at radius 1 is 1.12 bits per heavy atom. The number of rotatable bonds is 15. The normalized spacial score (nSPS) is 12.2. The quantitative estimate of drug-likeness (QED) is 0.154. The van der Waals surface area contributed by atoms with E-state index in [1.54, 1.807) is 19.2 Å². The van der Waals surface area contributed by atoms with Gasteiger partial charge in [-0.25, -0.2) is 9.48 Å². The van der Waals surface area contributed by atoms with Gasteiger partial charge in [0.25, 0.3) is 5.91 Å². The second-order valence-electron chi connectivity index (χ2n) is 9.27. The summed E-state index contributed by atoms with van der Waals surface area (Å²) in [6, 6.07) is 15.9. The lowest BCUT2D eigenvalue weighted by atomic mass is 9.97. The van der Waals surface area contributed by atoms with Gasteiger partial charge in [0.1, 0.15) is 6.61 Å². The fraction of sp³-hybridized carbons (Fsp3) is 0.333. The molecule has 0 saturated carbocycles. The van der Waals surface area contributed by atoms with Crippen molar-refractivity contribution in [1.82, 2.24) is 15.1 Å². The van der Waals surface area contributed by atoms with E-state index in [4.69, 9.17) is 25.8 Å². The van der Waals surface area contributed by atoms with E-state index in [1.165, 1.54) is 10.7 Å². The Morgan fingerprint density at radius 2 is 1.88 bits per heavy atom. The lowest BCUT2D eigenvalue weighted by molar-refractivity contribution is -0.173. The van der Waals surface area contributed by atoms with E-state index in [1.807, 2.05) is 49.4 Å². The van der Waals surface area contributed by atoms with Crippen molar-refractivity contribution in [1.29, 1.82) is 0 Å². The first-order valence-electron chi connectivity index (χ1n) is 13.1. The molecule has 0 aliphatic carbocycles. The third-order valence-corrected chi connectivity index (χ3v) is 6.24. The van der Waals surface area contributed by atoms with Crippen LogP contribution in [0.4, 0.5) is 0 Å². The van der Waals surface area contributed by atoms with E-state index in [-0.39, 0.29) is 25.1 Å². The number of aliphatic hydroxyl groups excluding tert-OH is 1. The van der Waals surface area contributed by atoms with E-state index < -0.39 is 36.8 Å². The molecule has 10 nitrogen and oxygen atoms in total. The molecule has 1 aromatic heterocycles. The van der Waals surface area contributed by atoms with Crippen LogP contribution in [-0.4, -0.2) is 58.3 Å². The van der Waals surface area contributed by atoms with Crippen molar-refractivity contribution in [2.45, 2.75) is 44.8 Å². The average Bonchev–Trinajstić information content (AvgIpc) is 3.32. The zero-order valence-corrected chi connectivity index (χ0v) is 23.8. The van der Waals surface area contributed by atoms with Gasteiger partial charge in [-0.15, -0.1) is 0 Å². The number of ether oxygens (including phenoxy) is 3. The first-order chi connectivity index (χ1) is 19.7. The number of halogens is 1. The van der Waals surface area contributed by atoms with Gasteiger partial charge in [-0.05, 0) is 41.7 Å². The number of nitrogens with one attached hydrogen (secondary N) is 1. The van der Waals surface area contributed by atoms with Gasteiger partial charge >= 0.3 is 11.9 Å². The van der Waals surface area contributed by atoms with Gasteiger partial charge in [-0.2, -0.15) is 5.10 Å². The number of aromatic nitrogens is 2. The number of aryl methyl sites for hydroxylation is 1. The van der Waals surface area contributed by atoms with Crippen molar-refractivity contribution in [2.24, 2.45) is 7.05 Å². The summed E-state index contributed by atoms with van der Waals surface area (Å²) in [4.78, 5) is 37.0. The topological polar surface area (TPSA) is 129 Å². The Balaban J connectivity index is 1.72. The smallest absolute Gasteiger partial charge is 0.337 e. The molecule has 0 aliphatic heterocycles. The molecule has 0 spiro atoms. The average molecular weight is 584 g/mol. The molecule has 218 valence electrons. The van der Waals surface area contributed by atoms with Crippen LogP contribution in [-0.2, 0) is 32.5 Å². The molecule has 0 bridgehead atoms. The summed E-state index contributed by atoms with van der Waals surface area (Å²) in [6.45, 7) is 5.07. The molecule has 0 fully saturated rings. The number of hydrogen-bond donors (Lipinski definition) is 2. The number of carbonyl (C=O) groups excluding carboxylic acids is 3. The Morgan fingerprint density at radius 3 is 2.56 bits per heavy atom. The number of carbonyl (C=O) groups is 3. The molecule has 11 heteroatoms. The number of hydrogen-bond acceptors (Lipinski definition) is 8. The van der Waals surface area contributed by atoms with E-state index in [2.05, 4.69) is 17.0 Å². The Kier molecular flexibility index (Phi) is 11.9. The summed E-state index contributed by atoms with van der Waals surface area (Å²) < 4.78 is 16.6. The lowest BCUT2D eigenvalue weighted by Crippen LogP contribution is -2.41. The Labute approximate surface area is 243 Å². The summed E-state index contributed by atoms with van der Waals surface area (Å²) in [6.07, 6.45) is 0.921. The highest BCUT2D eigenvalue weighted by Crippen LogP contribution is 2.24. The molecule has 0 radical (unpaired) electrons. The SMILES string of the molecule is C=CCOc1cc(C(=O)NC(Cc2ccc(-c3cccc(Cl)c3)cc2)CC(O)C(=O)OCOC(=O)CCC)nn1C. The fourth-order valence-electron chi connectivity index (χ4n) is 3.97. The number of aliphatic hydroxyl groups is 1. The lowest BCUT2D eigenvalue weighted by Gasteiger charge is -2.21. The number of esters is 2. The minimum Gasteiger partial charge on any atom is -0.474 e. The number of amides is 1. The highest BCUT2D eigenvalue weighted by Gasteiger charge is 2.25. The third-order valence-electron chi connectivity index (χ3n) is 6.00. The van der Waals surface area contributed by atoms with Crippen LogP contribution in [0.25, 0.3) is 11.1 Å². The second-order valence-corrected chi connectivity index (χ2v) is 9.71. The van der Waals surface area contributed by atoms with Gasteiger partial charge < -0.3 is 24.6 Å². The third kappa shape index (κ3) is 9.77. The molecule has 0 aliphatic rings. The first kappa shape index (κ1) is 31.4. The first-order valence-corrected chi connectivity index (χ1v) is 13.5. The molecule has 3 aromatic rings. The van der Waals surface area contributed by atoms with Crippen molar-refractivity contribution >= 4 is 29.4 Å². The van der Waals surface area contributed by atoms with Crippen LogP contribution >= 0.6 is 11.6 Å². The van der Waals surface area contributed by atoms with Crippen molar-refractivity contribution in [2.75, 3.05) is 13.4 Å². The van der Waals surface area contributed by atoms with E-state index >= 15 is 0 Å². The van der Waals surface area contributed by atoms with E-state index in [0.717, 1.165) is 16.7 Å². The minimum atomic E-state index is -1.58. The highest BCUT2D eigenvalue weighted by atomic mass is 35.5. The molecule has 2 unspecified atom stereocenters. The summed E-state index contributed by atoms with van der Waals surface area (Å²) in [7, 11) is 1.64. The molecule has 3 rings (SSSR count). The van der Waals surface area contributed by atoms with Crippen molar-refractivity contribution in [3.63, 3.8) is 0 Å². The van der Waals surface area contributed by atoms with Crippen molar-refractivity contribution in [3.8, 4) is 17.0 Å². The molecular weight excluding hydrogens is 550 g/mol. The van der Waals surface area contributed by atoms with Gasteiger partial charge in [-0.3, -0.25) is 9.59 Å². The fourth-order valence-corrected chi connectivity index (χ4v) is 4.16. The standard InChI is InChI=1S/C30H34ClN3O7/c1-4-7-28(36)40-19-41-30(38)26(35)17-24(32-29(37)25-18-27(34(3)33-25)39-14-5-2)15-20-10-12-21(13-11-20)22-8-6-9-23(31)16-22/h5-6,8-13,16,18,24,26,35H,2,4,7,14-15,17,19H2,1,3H3,(H,32,37). The zero-order valence-electron chi connectivity index (χ0n) is 23.0. The van der Waals surface area contributed by atoms with Crippen LogP contribution in [0, 0.1) is 0 Å². The molecular formula is C30H34ClN3O7. The summed E-state index contributed by atoms with van der Waals surface area (Å²) in [5, 5.41) is 18.2. The van der Waals surface area contributed by atoms with Crippen LogP contribution in [0.2, 0.25) is 5.02 Å². The highest BCUT2D eigenvalue weighted by molar-refractivity contribution is 6.30. The summed E-state index contributed by atoms with van der Waals surface area (Å²) >= 11 is 6.12. The maximum Gasteiger partial charge on any atom is 0.337 e. The molecule has 2 atom stereocenters. The van der Waals surface area contributed by atoms with Crippen LogP contribution in [0.1, 0.15) is 42.2 Å². The maximum atomic E-state index is 13.1. The molecule has 1 heterocycles. The van der Waals surface area contributed by atoms with E-state index in [0.29, 0.717) is 23.7 Å². The van der Waals surface area contributed by atoms with Gasteiger partial charge in [0, 0.05) is 37.0 Å². The predicted octanol–water partition coefficient (Wildman–Crippen LogP) is 4.24. The van der Waals surface area contributed by atoms with Crippen molar-refractivity contribution < 1.29 is 33.7 Å². The zero-order chi connectivity index (χ0) is 29.8. The van der Waals surface area contributed by atoms with E-state index in [9.17, 15) is 19.5 Å². The van der Waals surface area contributed by atoms with Gasteiger partial charge in [0.2, 0.25) is 12.7 Å². The van der Waals surface area contributed by atoms with Crippen LogP contribution in [0.15, 0.2) is 67.3 Å². The second kappa shape index (κ2) is 15.6. The molecule has 0 saturated heterocycles. The summed E-state index contributed by atoms with van der Waals surface area (Å²) in [5.41, 5.74) is 2.87. The van der Waals surface area contributed by atoms with Gasteiger partial charge in [0.05, 0.1) is 0 Å². The van der Waals surface area contributed by atoms with Crippen molar-refractivity contribution in [3.05, 3.63) is 83.5 Å². The predicted molar refractivity (Wildman–Crippen MR) is 153 cm³/mol. The van der Waals surface area contributed by atoms with Crippen LogP contribution in [0.3, 0.4) is 0 Å². The largest absolute Gasteiger partial charge is 0.474 e. The summed E-state index contributed by atoms with van der Waals surface area (Å²) in [5.74, 6) is -1.61. The van der Waals surface area contributed by atoms with Crippen LogP contribution in [0.5, 0.6) is 5.88 Å². The monoisotopic (exact) mass is 583 g/mol. The molecule has 41 heavy (non-hydrogen) atoms. The Hall–Kier alpha value is -4.15. The van der Waals surface area contributed by atoms with Gasteiger partial charge in [0.15, 0.2) is 11.8 Å².